The Morgan fingerprint density at radius 1 is 1.24 bits per heavy atom. The van der Waals surface area contributed by atoms with Crippen molar-refractivity contribution in [1.29, 1.82) is 0 Å². The Kier molecular flexibility index (Phi) is 8.25. The maximum absolute atomic E-state index is 11.9. The third kappa shape index (κ3) is 7.67. The fourth-order valence-corrected chi connectivity index (χ4v) is 3.07. The third-order valence-corrected chi connectivity index (χ3v) is 4.75. The van der Waals surface area contributed by atoms with Gasteiger partial charge in [0.1, 0.15) is 11.4 Å². The molecule has 0 bridgehead atoms. The number of carbonyl (C=O) groups is 1. The number of aryl methyl sites for hydroxylation is 2. The predicted molar refractivity (Wildman–Crippen MR) is 102 cm³/mol. The van der Waals surface area contributed by atoms with Crippen LogP contribution in [0.25, 0.3) is 0 Å². The summed E-state index contributed by atoms with van der Waals surface area (Å²) in [6.45, 7) is 12.6. The summed E-state index contributed by atoms with van der Waals surface area (Å²) in [6, 6.07) is 4.06. The first kappa shape index (κ1) is 21.8. The molecule has 0 aromatic heterocycles. The lowest BCUT2D eigenvalue weighted by Gasteiger charge is -2.23. The van der Waals surface area contributed by atoms with Crippen LogP contribution < -0.4 is 4.74 Å². The van der Waals surface area contributed by atoms with E-state index in [4.69, 9.17) is 14.2 Å². The lowest BCUT2D eigenvalue weighted by molar-refractivity contribution is -0.167. The highest BCUT2D eigenvalue weighted by atomic mass is 32.2. The minimum Gasteiger partial charge on any atom is -0.497 e. The molecule has 142 valence electrons. The number of likely N-dealkylation sites (N-methyl/N-ethyl adjacent to an activating group) is 1. The van der Waals surface area contributed by atoms with Crippen LogP contribution in [-0.4, -0.2) is 49.3 Å². The first-order valence-corrected chi connectivity index (χ1v) is 9.19. The van der Waals surface area contributed by atoms with Gasteiger partial charge in [-0.15, -0.1) is 0 Å². The van der Waals surface area contributed by atoms with E-state index in [-0.39, 0.29) is 5.97 Å². The second-order valence-corrected chi connectivity index (χ2v) is 8.29. The molecule has 25 heavy (non-hydrogen) atoms. The average Bonchev–Trinajstić information content (AvgIpc) is 2.48. The first-order chi connectivity index (χ1) is 11.5. The van der Waals surface area contributed by atoms with Crippen molar-refractivity contribution < 1.29 is 19.0 Å². The normalized spacial score (nSPS) is 13.0. The highest BCUT2D eigenvalue weighted by Gasteiger charge is 2.22. The Morgan fingerprint density at radius 2 is 1.80 bits per heavy atom. The Hall–Kier alpha value is -1.24. The van der Waals surface area contributed by atoms with Gasteiger partial charge in [-0.3, -0.25) is 0 Å². The van der Waals surface area contributed by atoms with Crippen LogP contribution >= 0.6 is 11.9 Å². The van der Waals surface area contributed by atoms with Crippen LogP contribution in [0.2, 0.25) is 0 Å². The van der Waals surface area contributed by atoms with Crippen LogP contribution in [-0.2, 0) is 14.3 Å². The third-order valence-electron chi connectivity index (χ3n) is 3.43. The van der Waals surface area contributed by atoms with Crippen LogP contribution in [0.15, 0.2) is 17.0 Å². The number of carbonyl (C=O) groups excluding carboxylic acids is 1. The standard InChI is InChI=1S/C19H31NO4S/c1-13-11-16(22-8)12-14(2)17(13)25-20(7)9-10-23-15(3)18(21)24-19(4,5)6/h11-12,15H,9-10H2,1-8H3. The van der Waals surface area contributed by atoms with Gasteiger partial charge in [0, 0.05) is 11.4 Å². The smallest absolute Gasteiger partial charge is 0.335 e. The summed E-state index contributed by atoms with van der Waals surface area (Å²) < 4.78 is 18.3. The minimum absolute atomic E-state index is 0.329. The number of benzene rings is 1. The van der Waals surface area contributed by atoms with E-state index in [2.05, 4.69) is 18.2 Å². The summed E-state index contributed by atoms with van der Waals surface area (Å²) in [5, 5.41) is 0. The molecule has 6 heteroatoms. The zero-order valence-corrected chi connectivity index (χ0v) is 17.5. The number of ether oxygens (including phenoxy) is 3. The first-order valence-electron chi connectivity index (χ1n) is 8.42. The Balaban J connectivity index is 2.48. The maximum Gasteiger partial charge on any atom is 0.335 e. The summed E-state index contributed by atoms with van der Waals surface area (Å²) in [5.41, 5.74) is 1.86. The second kappa shape index (κ2) is 9.46. The van der Waals surface area contributed by atoms with Gasteiger partial charge in [0.05, 0.1) is 13.7 Å². The molecule has 1 rings (SSSR count). The predicted octanol–water partition coefficient (Wildman–Crippen LogP) is 4.00. The van der Waals surface area contributed by atoms with E-state index >= 15 is 0 Å². The van der Waals surface area contributed by atoms with Crippen molar-refractivity contribution in [2.75, 3.05) is 27.3 Å². The Bertz CT molecular complexity index is 560. The number of hydrogen-bond acceptors (Lipinski definition) is 6. The summed E-state index contributed by atoms with van der Waals surface area (Å²) in [7, 11) is 3.69. The van der Waals surface area contributed by atoms with Gasteiger partial charge in [0.15, 0.2) is 6.10 Å². The van der Waals surface area contributed by atoms with E-state index < -0.39 is 11.7 Å². The summed E-state index contributed by atoms with van der Waals surface area (Å²) in [4.78, 5) is 13.1. The molecule has 0 saturated carbocycles. The van der Waals surface area contributed by atoms with Crippen molar-refractivity contribution in [2.45, 2.75) is 58.1 Å². The molecule has 0 amide bonds. The average molecular weight is 370 g/mol. The van der Waals surface area contributed by atoms with Gasteiger partial charge < -0.3 is 14.2 Å². The fraction of sp³-hybridized carbons (Fsp3) is 0.632. The van der Waals surface area contributed by atoms with Crippen LogP contribution in [0.5, 0.6) is 5.75 Å². The number of rotatable bonds is 8. The second-order valence-electron chi connectivity index (χ2n) is 7.08. The van der Waals surface area contributed by atoms with Crippen LogP contribution in [0, 0.1) is 13.8 Å². The molecule has 0 heterocycles. The van der Waals surface area contributed by atoms with Gasteiger partial charge in [-0.05, 0) is 83.8 Å². The Morgan fingerprint density at radius 3 is 2.28 bits per heavy atom. The largest absolute Gasteiger partial charge is 0.497 e. The van der Waals surface area contributed by atoms with Gasteiger partial charge in [-0.2, -0.15) is 0 Å². The Labute approximate surface area is 156 Å². The molecule has 1 unspecified atom stereocenters. The molecular formula is C19H31NO4S. The molecule has 0 aliphatic heterocycles. The van der Waals surface area contributed by atoms with E-state index in [0.717, 1.165) is 5.75 Å². The monoisotopic (exact) mass is 369 g/mol. The number of esters is 1. The molecule has 1 aromatic rings. The molecule has 0 aliphatic rings. The molecular weight excluding hydrogens is 338 g/mol. The summed E-state index contributed by atoms with van der Waals surface area (Å²) >= 11 is 1.67. The van der Waals surface area contributed by atoms with Gasteiger partial charge in [-0.1, -0.05) is 0 Å². The molecule has 5 nitrogen and oxygen atoms in total. The minimum atomic E-state index is -0.568. The highest BCUT2D eigenvalue weighted by Crippen LogP contribution is 2.31. The molecule has 0 saturated heterocycles. The number of nitrogens with zero attached hydrogens (tertiary/aromatic N) is 1. The van der Waals surface area contributed by atoms with Crippen molar-refractivity contribution in [3.8, 4) is 5.75 Å². The highest BCUT2D eigenvalue weighted by molar-refractivity contribution is 7.97. The van der Waals surface area contributed by atoms with E-state index in [1.165, 1.54) is 16.0 Å². The molecule has 0 aliphatic carbocycles. The summed E-state index contributed by atoms with van der Waals surface area (Å²) in [6.07, 6.45) is -0.568. The van der Waals surface area contributed by atoms with Gasteiger partial charge in [0.2, 0.25) is 0 Å². The molecule has 0 radical (unpaired) electrons. The molecule has 1 atom stereocenters. The quantitative estimate of drug-likeness (QED) is 0.510. The number of hydrogen-bond donors (Lipinski definition) is 0. The molecule has 0 fully saturated rings. The van der Waals surface area contributed by atoms with Gasteiger partial charge in [-0.25, -0.2) is 9.10 Å². The van der Waals surface area contributed by atoms with Crippen molar-refractivity contribution in [3.63, 3.8) is 0 Å². The van der Waals surface area contributed by atoms with E-state index in [1.807, 2.05) is 40.0 Å². The van der Waals surface area contributed by atoms with E-state index in [9.17, 15) is 4.79 Å². The van der Waals surface area contributed by atoms with E-state index in [0.29, 0.717) is 13.2 Å². The lowest BCUT2D eigenvalue weighted by atomic mass is 10.1. The van der Waals surface area contributed by atoms with Crippen molar-refractivity contribution in [3.05, 3.63) is 23.3 Å². The lowest BCUT2D eigenvalue weighted by Crippen LogP contribution is -2.33. The van der Waals surface area contributed by atoms with Crippen molar-refractivity contribution >= 4 is 17.9 Å². The zero-order valence-electron chi connectivity index (χ0n) is 16.6. The maximum atomic E-state index is 11.9. The van der Waals surface area contributed by atoms with Crippen molar-refractivity contribution in [2.24, 2.45) is 0 Å². The van der Waals surface area contributed by atoms with Crippen LogP contribution in [0.3, 0.4) is 0 Å². The summed E-state index contributed by atoms with van der Waals surface area (Å²) in [5.74, 6) is 0.543. The van der Waals surface area contributed by atoms with Gasteiger partial charge in [0.25, 0.3) is 0 Å². The van der Waals surface area contributed by atoms with Crippen LogP contribution in [0.1, 0.15) is 38.8 Å². The van der Waals surface area contributed by atoms with Crippen molar-refractivity contribution in [1.82, 2.24) is 4.31 Å². The molecule has 0 spiro atoms. The van der Waals surface area contributed by atoms with Crippen LogP contribution in [0.4, 0.5) is 0 Å². The molecule has 1 aromatic carbocycles. The fourth-order valence-electron chi connectivity index (χ4n) is 2.18. The number of methoxy groups -OCH3 is 1. The van der Waals surface area contributed by atoms with E-state index in [1.54, 1.807) is 26.0 Å². The molecule has 0 N–H and O–H groups in total. The SMILES string of the molecule is COc1cc(C)c(SN(C)CCOC(C)C(=O)OC(C)(C)C)c(C)c1. The topological polar surface area (TPSA) is 48.0 Å². The zero-order chi connectivity index (χ0) is 19.2. The van der Waals surface area contributed by atoms with Gasteiger partial charge >= 0.3 is 5.97 Å².